The van der Waals surface area contributed by atoms with E-state index in [0.717, 1.165) is 15.0 Å². The fraction of sp³-hybridized carbons (Fsp3) is 0.118. The molecule has 0 aliphatic heterocycles. The second kappa shape index (κ2) is 6.38. The highest BCUT2D eigenvalue weighted by Gasteiger charge is 2.14. The van der Waals surface area contributed by atoms with E-state index >= 15 is 0 Å². The van der Waals surface area contributed by atoms with Gasteiger partial charge in [0.2, 0.25) is 0 Å². The molecule has 0 aliphatic carbocycles. The number of thiazole rings is 1. The molecule has 1 heterocycles. The number of nitrogens with one attached hydrogen (secondary N) is 1. The number of carbonyl (C=O) groups excluding carboxylic acids is 2. The third kappa shape index (κ3) is 2.86. The summed E-state index contributed by atoms with van der Waals surface area (Å²) in [6, 6.07) is 12.9. The van der Waals surface area contributed by atoms with Crippen molar-refractivity contribution in [3.63, 3.8) is 0 Å². The Kier molecular flexibility index (Phi) is 4.28. The molecular formula is C17H16N4O2S. The number of rotatable bonds is 3. The zero-order valence-corrected chi connectivity index (χ0v) is 14.1. The van der Waals surface area contributed by atoms with Crippen LogP contribution in [-0.4, -0.2) is 16.3 Å². The van der Waals surface area contributed by atoms with Gasteiger partial charge in [-0.2, -0.15) is 0 Å². The largest absolute Gasteiger partial charge is 0.320 e. The van der Waals surface area contributed by atoms with E-state index in [9.17, 15) is 9.59 Å². The summed E-state index contributed by atoms with van der Waals surface area (Å²) in [7, 11) is 1.94. The third-order valence-corrected chi connectivity index (χ3v) is 4.81. The Labute approximate surface area is 142 Å². The summed E-state index contributed by atoms with van der Waals surface area (Å²) < 4.78 is 3.11. The van der Waals surface area contributed by atoms with Crippen LogP contribution in [0, 0.1) is 0 Å². The SMILES string of the molecule is CC(=O)c1ccc(N=c2sc3ccccc3n2C)cc1C(=O)NN. The van der Waals surface area contributed by atoms with E-state index in [4.69, 9.17) is 5.84 Å². The number of nitrogen functional groups attached to an aromatic ring is 1. The van der Waals surface area contributed by atoms with Crippen molar-refractivity contribution in [2.75, 3.05) is 0 Å². The maximum absolute atomic E-state index is 11.9. The van der Waals surface area contributed by atoms with Gasteiger partial charge >= 0.3 is 0 Å². The minimum Gasteiger partial charge on any atom is -0.320 e. The second-order valence-corrected chi connectivity index (χ2v) is 6.29. The molecule has 1 aromatic heterocycles. The van der Waals surface area contributed by atoms with Crippen molar-refractivity contribution in [3.8, 4) is 0 Å². The van der Waals surface area contributed by atoms with Gasteiger partial charge in [-0.25, -0.2) is 10.8 Å². The molecule has 1 amide bonds. The van der Waals surface area contributed by atoms with Crippen molar-refractivity contribution >= 4 is 38.9 Å². The van der Waals surface area contributed by atoms with Gasteiger partial charge < -0.3 is 4.57 Å². The molecule has 2 aromatic carbocycles. The molecule has 0 bridgehead atoms. The lowest BCUT2D eigenvalue weighted by Gasteiger charge is -2.06. The van der Waals surface area contributed by atoms with Gasteiger partial charge in [-0.3, -0.25) is 15.0 Å². The van der Waals surface area contributed by atoms with Crippen LogP contribution in [0.1, 0.15) is 27.6 Å². The highest BCUT2D eigenvalue weighted by atomic mass is 32.1. The Bertz CT molecular complexity index is 1020. The molecule has 0 spiro atoms. The number of ketones is 1. The summed E-state index contributed by atoms with van der Waals surface area (Å²) >= 11 is 1.55. The van der Waals surface area contributed by atoms with Crippen LogP contribution in [0.5, 0.6) is 0 Å². The number of amides is 1. The van der Waals surface area contributed by atoms with E-state index in [0.29, 0.717) is 11.3 Å². The maximum atomic E-state index is 11.9. The number of aromatic nitrogens is 1. The average molecular weight is 340 g/mol. The lowest BCUT2D eigenvalue weighted by atomic mass is 10.0. The van der Waals surface area contributed by atoms with E-state index in [-0.39, 0.29) is 11.3 Å². The Balaban J connectivity index is 2.17. The van der Waals surface area contributed by atoms with Crippen molar-refractivity contribution in [3.05, 3.63) is 58.4 Å². The van der Waals surface area contributed by atoms with Crippen LogP contribution in [0.25, 0.3) is 10.2 Å². The van der Waals surface area contributed by atoms with Crippen molar-refractivity contribution < 1.29 is 9.59 Å². The fourth-order valence-electron chi connectivity index (χ4n) is 2.47. The minimum atomic E-state index is -0.516. The molecule has 3 N–H and O–H groups in total. The molecule has 24 heavy (non-hydrogen) atoms. The van der Waals surface area contributed by atoms with Crippen molar-refractivity contribution in [2.24, 2.45) is 17.9 Å². The van der Waals surface area contributed by atoms with E-state index in [1.54, 1.807) is 29.5 Å². The molecule has 0 fully saturated rings. The smallest absolute Gasteiger partial charge is 0.265 e. The molecule has 122 valence electrons. The van der Waals surface area contributed by atoms with Gasteiger partial charge in [0.05, 0.1) is 21.5 Å². The van der Waals surface area contributed by atoms with Crippen molar-refractivity contribution in [1.82, 2.24) is 9.99 Å². The molecule has 0 atom stereocenters. The van der Waals surface area contributed by atoms with Gasteiger partial charge in [0, 0.05) is 12.6 Å². The number of hydrazine groups is 1. The zero-order valence-electron chi connectivity index (χ0n) is 13.2. The normalized spacial score (nSPS) is 11.7. The summed E-state index contributed by atoms with van der Waals surface area (Å²) in [6.07, 6.45) is 0. The molecule has 7 heteroatoms. The molecule has 0 aliphatic rings. The van der Waals surface area contributed by atoms with E-state index in [1.165, 1.54) is 6.92 Å². The number of nitrogens with zero attached hydrogens (tertiary/aromatic N) is 2. The lowest BCUT2D eigenvalue weighted by Crippen LogP contribution is -2.31. The molecule has 3 aromatic rings. The Morgan fingerprint density at radius 1 is 1.17 bits per heavy atom. The summed E-state index contributed by atoms with van der Waals surface area (Å²) in [5.74, 6) is 4.49. The van der Waals surface area contributed by atoms with Gasteiger partial charge in [0.25, 0.3) is 5.91 Å². The van der Waals surface area contributed by atoms with Crippen LogP contribution in [0.15, 0.2) is 47.5 Å². The highest BCUT2D eigenvalue weighted by Crippen LogP contribution is 2.20. The Hall–Kier alpha value is -2.77. The molecule has 0 radical (unpaired) electrons. The molecule has 0 saturated carbocycles. The first-order valence-electron chi connectivity index (χ1n) is 7.26. The van der Waals surface area contributed by atoms with Crippen LogP contribution in [-0.2, 0) is 7.05 Å². The van der Waals surface area contributed by atoms with Crippen LogP contribution in [0.4, 0.5) is 5.69 Å². The number of fused-ring (bicyclic) bond motifs is 1. The highest BCUT2D eigenvalue weighted by molar-refractivity contribution is 7.16. The second-order valence-electron chi connectivity index (χ2n) is 5.28. The summed E-state index contributed by atoms with van der Waals surface area (Å²) in [5.41, 5.74) is 4.27. The molecule has 0 unspecified atom stereocenters. The average Bonchev–Trinajstić information content (AvgIpc) is 2.90. The lowest BCUT2D eigenvalue weighted by molar-refractivity contribution is 0.0939. The van der Waals surface area contributed by atoms with Crippen LogP contribution >= 0.6 is 11.3 Å². The number of hydrogen-bond acceptors (Lipinski definition) is 5. The molecule has 3 rings (SSSR count). The predicted molar refractivity (Wildman–Crippen MR) is 94.1 cm³/mol. The quantitative estimate of drug-likeness (QED) is 0.332. The van der Waals surface area contributed by atoms with Gasteiger partial charge in [-0.15, -0.1) is 0 Å². The fourth-order valence-corrected chi connectivity index (χ4v) is 3.51. The first-order chi connectivity index (χ1) is 11.5. The maximum Gasteiger partial charge on any atom is 0.265 e. The summed E-state index contributed by atoms with van der Waals surface area (Å²) in [4.78, 5) is 29.0. The number of nitrogens with two attached hydrogens (primary N) is 1. The van der Waals surface area contributed by atoms with Crippen LogP contribution in [0.3, 0.4) is 0 Å². The first kappa shape index (κ1) is 16.1. The van der Waals surface area contributed by atoms with Crippen LogP contribution in [0.2, 0.25) is 0 Å². The van der Waals surface area contributed by atoms with Gasteiger partial charge in [0.15, 0.2) is 10.6 Å². The number of para-hydroxylation sites is 1. The van der Waals surface area contributed by atoms with Crippen molar-refractivity contribution in [2.45, 2.75) is 6.92 Å². The number of Topliss-reactive ketones (excluding diaryl/α,β-unsaturated/α-hetero) is 1. The first-order valence-corrected chi connectivity index (χ1v) is 8.08. The number of carbonyl (C=O) groups is 2. The molecule has 6 nitrogen and oxygen atoms in total. The van der Waals surface area contributed by atoms with Gasteiger partial charge in [0.1, 0.15) is 0 Å². The monoisotopic (exact) mass is 340 g/mol. The Morgan fingerprint density at radius 3 is 2.58 bits per heavy atom. The summed E-state index contributed by atoms with van der Waals surface area (Å²) in [6.45, 7) is 1.41. The minimum absolute atomic E-state index is 0.201. The standard InChI is InChI=1S/C17H16N4O2S/c1-10(22)12-8-7-11(9-13(12)16(23)20-18)19-17-21(2)14-5-3-4-6-15(14)24-17/h3-9H,18H2,1-2H3,(H,20,23). The number of benzene rings is 2. The number of aryl methyl sites for hydroxylation is 1. The molecule has 0 saturated heterocycles. The molecular weight excluding hydrogens is 324 g/mol. The van der Waals surface area contributed by atoms with E-state index in [2.05, 4.69) is 10.4 Å². The van der Waals surface area contributed by atoms with Crippen LogP contribution < -0.4 is 16.1 Å². The van der Waals surface area contributed by atoms with E-state index < -0.39 is 5.91 Å². The van der Waals surface area contributed by atoms with E-state index in [1.807, 2.05) is 35.9 Å². The predicted octanol–water partition coefficient (Wildman–Crippen LogP) is 2.28. The zero-order chi connectivity index (χ0) is 17.3. The third-order valence-electron chi connectivity index (χ3n) is 3.70. The van der Waals surface area contributed by atoms with Crippen molar-refractivity contribution in [1.29, 1.82) is 0 Å². The summed E-state index contributed by atoms with van der Waals surface area (Å²) in [5, 5.41) is 0. The number of hydrogen-bond donors (Lipinski definition) is 2. The topological polar surface area (TPSA) is 89.5 Å². The van der Waals surface area contributed by atoms with Gasteiger partial charge in [-0.05, 0) is 37.3 Å². The Morgan fingerprint density at radius 2 is 1.92 bits per heavy atom. The van der Waals surface area contributed by atoms with Gasteiger partial charge in [-0.1, -0.05) is 23.5 Å².